The molecular weight excluding hydrogens is 661 g/mol. The molecular formula is C50H32N2S. The van der Waals surface area contributed by atoms with E-state index in [2.05, 4.69) is 182 Å². The molecule has 2 heterocycles. The van der Waals surface area contributed by atoms with Gasteiger partial charge in [0.15, 0.2) is 5.82 Å². The SMILES string of the molecule is c1ccc(-c2cccc(-c3nc(-c4ccccc4)cc(-c4cc(-c5ccc6ccccc6c5)cc(-c5cccc6sc7ccccc7c56)c4)n3)c2)cc1. The number of aromatic nitrogens is 2. The van der Waals surface area contributed by atoms with E-state index in [0.717, 1.165) is 50.3 Å². The maximum absolute atomic E-state index is 5.35. The van der Waals surface area contributed by atoms with Gasteiger partial charge in [-0.25, -0.2) is 9.97 Å². The van der Waals surface area contributed by atoms with Gasteiger partial charge in [-0.15, -0.1) is 11.3 Å². The van der Waals surface area contributed by atoms with Gasteiger partial charge in [0, 0.05) is 36.9 Å². The fourth-order valence-electron chi connectivity index (χ4n) is 7.43. The number of rotatable bonds is 6. The van der Waals surface area contributed by atoms with Crippen LogP contribution in [0.3, 0.4) is 0 Å². The summed E-state index contributed by atoms with van der Waals surface area (Å²) in [6, 6.07) is 69.3. The molecule has 2 aromatic heterocycles. The van der Waals surface area contributed by atoms with E-state index in [0.29, 0.717) is 5.82 Å². The number of fused-ring (bicyclic) bond motifs is 4. The van der Waals surface area contributed by atoms with Gasteiger partial charge in [0.1, 0.15) is 0 Å². The number of hydrogen-bond acceptors (Lipinski definition) is 3. The van der Waals surface area contributed by atoms with Crippen molar-refractivity contribution in [1.29, 1.82) is 0 Å². The average molecular weight is 693 g/mol. The molecule has 8 aromatic carbocycles. The van der Waals surface area contributed by atoms with Crippen LogP contribution >= 0.6 is 11.3 Å². The molecule has 10 rings (SSSR count). The molecule has 0 radical (unpaired) electrons. The van der Waals surface area contributed by atoms with E-state index >= 15 is 0 Å². The first-order valence-corrected chi connectivity index (χ1v) is 18.7. The maximum Gasteiger partial charge on any atom is 0.160 e. The second kappa shape index (κ2) is 13.1. The maximum atomic E-state index is 5.35. The molecule has 0 spiro atoms. The van der Waals surface area contributed by atoms with Crippen LogP contribution in [0.5, 0.6) is 0 Å². The Morgan fingerprint density at radius 1 is 0.321 bits per heavy atom. The number of nitrogens with zero attached hydrogens (tertiary/aromatic N) is 2. The van der Waals surface area contributed by atoms with Crippen LogP contribution in [0.25, 0.3) is 98.2 Å². The molecule has 0 N–H and O–H groups in total. The summed E-state index contributed by atoms with van der Waals surface area (Å²) in [5.41, 5.74) is 11.8. The lowest BCUT2D eigenvalue weighted by Gasteiger charge is -2.14. The molecule has 2 nitrogen and oxygen atoms in total. The van der Waals surface area contributed by atoms with Crippen molar-refractivity contribution >= 4 is 42.3 Å². The molecule has 0 atom stereocenters. The molecule has 0 saturated carbocycles. The summed E-state index contributed by atoms with van der Waals surface area (Å²) >= 11 is 1.85. The highest BCUT2D eigenvalue weighted by atomic mass is 32.1. The molecule has 10 aromatic rings. The average Bonchev–Trinajstić information content (AvgIpc) is 3.63. The van der Waals surface area contributed by atoms with Crippen LogP contribution in [0.2, 0.25) is 0 Å². The first-order chi connectivity index (χ1) is 26.2. The molecule has 3 heteroatoms. The lowest BCUT2D eigenvalue weighted by Crippen LogP contribution is -1.97. The smallest absolute Gasteiger partial charge is 0.160 e. The van der Waals surface area contributed by atoms with Gasteiger partial charge in [-0.05, 0) is 92.7 Å². The molecule has 248 valence electrons. The third-order valence-corrected chi connectivity index (χ3v) is 11.2. The molecule has 53 heavy (non-hydrogen) atoms. The van der Waals surface area contributed by atoms with E-state index in [4.69, 9.17) is 9.97 Å². The van der Waals surface area contributed by atoms with Gasteiger partial charge in [-0.2, -0.15) is 0 Å². The number of benzene rings is 8. The fraction of sp³-hybridized carbons (Fsp3) is 0. The predicted molar refractivity (Wildman–Crippen MR) is 225 cm³/mol. The van der Waals surface area contributed by atoms with Crippen molar-refractivity contribution in [3.63, 3.8) is 0 Å². The number of thiophene rings is 1. The second-order valence-corrected chi connectivity index (χ2v) is 14.5. The lowest BCUT2D eigenvalue weighted by atomic mass is 9.92. The topological polar surface area (TPSA) is 25.8 Å². The van der Waals surface area contributed by atoms with E-state index < -0.39 is 0 Å². The molecule has 0 bridgehead atoms. The van der Waals surface area contributed by atoms with Crippen LogP contribution in [-0.2, 0) is 0 Å². The zero-order valence-electron chi connectivity index (χ0n) is 28.8. The fourth-order valence-corrected chi connectivity index (χ4v) is 8.56. The van der Waals surface area contributed by atoms with Crippen LogP contribution in [0, 0.1) is 0 Å². The molecule has 0 saturated heterocycles. The van der Waals surface area contributed by atoms with Crippen molar-refractivity contribution in [3.05, 3.63) is 194 Å². The van der Waals surface area contributed by atoms with Crippen molar-refractivity contribution in [2.24, 2.45) is 0 Å². The van der Waals surface area contributed by atoms with Gasteiger partial charge >= 0.3 is 0 Å². The molecule has 0 fully saturated rings. The van der Waals surface area contributed by atoms with E-state index in [1.807, 2.05) is 23.5 Å². The van der Waals surface area contributed by atoms with E-state index in [-0.39, 0.29) is 0 Å². The van der Waals surface area contributed by atoms with Crippen molar-refractivity contribution in [2.75, 3.05) is 0 Å². The molecule has 0 unspecified atom stereocenters. The van der Waals surface area contributed by atoms with Gasteiger partial charge in [-0.3, -0.25) is 0 Å². The zero-order valence-corrected chi connectivity index (χ0v) is 29.6. The first kappa shape index (κ1) is 31.1. The highest BCUT2D eigenvalue weighted by molar-refractivity contribution is 7.25. The second-order valence-electron chi connectivity index (χ2n) is 13.4. The quantitative estimate of drug-likeness (QED) is 0.173. The third kappa shape index (κ3) is 5.87. The van der Waals surface area contributed by atoms with Crippen molar-refractivity contribution in [2.45, 2.75) is 0 Å². The Bertz CT molecular complexity index is 2950. The van der Waals surface area contributed by atoms with Gasteiger partial charge < -0.3 is 0 Å². The first-order valence-electron chi connectivity index (χ1n) is 17.9. The summed E-state index contributed by atoms with van der Waals surface area (Å²) in [6.07, 6.45) is 0. The summed E-state index contributed by atoms with van der Waals surface area (Å²) < 4.78 is 2.59. The Hall–Kier alpha value is -6.68. The molecule has 0 amide bonds. The van der Waals surface area contributed by atoms with E-state index in [9.17, 15) is 0 Å². The Morgan fingerprint density at radius 3 is 1.75 bits per heavy atom. The minimum absolute atomic E-state index is 0.697. The highest BCUT2D eigenvalue weighted by Crippen LogP contribution is 2.42. The van der Waals surface area contributed by atoms with E-state index in [1.54, 1.807) is 0 Å². The Balaban J connectivity index is 1.22. The monoisotopic (exact) mass is 692 g/mol. The molecule has 0 aliphatic heterocycles. The van der Waals surface area contributed by atoms with Gasteiger partial charge in [-0.1, -0.05) is 146 Å². The summed E-state index contributed by atoms with van der Waals surface area (Å²) in [5.74, 6) is 0.697. The van der Waals surface area contributed by atoms with Crippen LogP contribution in [-0.4, -0.2) is 9.97 Å². The van der Waals surface area contributed by atoms with Crippen LogP contribution in [0.4, 0.5) is 0 Å². The Labute approximate surface area is 312 Å². The van der Waals surface area contributed by atoms with Crippen LogP contribution in [0.1, 0.15) is 0 Å². The predicted octanol–water partition coefficient (Wildman–Crippen LogP) is 14.0. The zero-order chi connectivity index (χ0) is 35.1. The summed E-state index contributed by atoms with van der Waals surface area (Å²) in [4.78, 5) is 10.5. The van der Waals surface area contributed by atoms with E-state index in [1.165, 1.54) is 42.1 Å². The standard InChI is InChI=1S/C50H32N2S/c1-3-13-33(14-4-1)37-19-11-20-39(28-37)50-51-45(35-16-5-2-6-17-35)32-46(52-50)42-30-40(38-26-25-34-15-7-8-18-36(34)27-38)29-41(31-42)43-22-12-24-48-49(43)44-21-9-10-23-47(44)53-48/h1-32H. The number of hydrogen-bond donors (Lipinski definition) is 0. The van der Waals surface area contributed by atoms with Crippen LogP contribution in [0.15, 0.2) is 194 Å². The van der Waals surface area contributed by atoms with Gasteiger partial charge in [0.25, 0.3) is 0 Å². The van der Waals surface area contributed by atoms with Crippen molar-refractivity contribution in [1.82, 2.24) is 9.97 Å². The third-order valence-electron chi connectivity index (χ3n) is 10.0. The Morgan fingerprint density at radius 2 is 0.906 bits per heavy atom. The summed E-state index contributed by atoms with van der Waals surface area (Å²) in [5, 5.41) is 5.03. The summed E-state index contributed by atoms with van der Waals surface area (Å²) in [7, 11) is 0. The lowest BCUT2D eigenvalue weighted by molar-refractivity contribution is 1.18. The summed E-state index contributed by atoms with van der Waals surface area (Å²) in [6.45, 7) is 0. The van der Waals surface area contributed by atoms with Gasteiger partial charge in [0.05, 0.1) is 11.4 Å². The minimum Gasteiger partial charge on any atom is -0.228 e. The minimum atomic E-state index is 0.697. The molecule has 0 aliphatic carbocycles. The van der Waals surface area contributed by atoms with Crippen molar-refractivity contribution < 1.29 is 0 Å². The van der Waals surface area contributed by atoms with Crippen LogP contribution < -0.4 is 0 Å². The largest absolute Gasteiger partial charge is 0.228 e. The Kier molecular flexibility index (Phi) is 7.71. The molecule has 0 aliphatic rings. The normalized spacial score (nSPS) is 11.4. The highest BCUT2D eigenvalue weighted by Gasteiger charge is 2.17. The van der Waals surface area contributed by atoms with Gasteiger partial charge in [0.2, 0.25) is 0 Å². The van der Waals surface area contributed by atoms with Crippen molar-refractivity contribution in [3.8, 4) is 67.3 Å².